The number of nitrogens with zero attached hydrogens (tertiary/aromatic N) is 1. The minimum atomic E-state index is -3.66. The molecule has 8 heteroatoms. The summed E-state index contributed by atoms with van der Waals surface area (Å²) in [7, 11) is -3.66. The minimum absolute atomic E-state index is 0.0156. The van der Waals surface area contributed by atoms with Crippen LogP contribution in [-0.2, 0) is 10.0 Å². The van der Waals surface area contributed by atoms with Gasteiger partial charge in [0.2, 0.25) is 0 Å². The van der Waals surface area contributed by atoms with E-state index in [0.717, 1.165) is 0 Å². The average molecular weight is 265 g/mol. The maximum absolute atomic E-state index is 11.8. The van der Waals surface area contributed by atoms with Gasteiger partial charge in [0.1, 0.15) is 5.84 Å². The van der Waals surface area contributed by atoms with E-state index in [1.165, 1.54) is 24.7 Å². The predicted octanol–water partition coefficient (Wildman–Crippen LogP) is 0.495. The Morgan fingerprint density at radius 2 is 2.00 bits per heavy atom. The fourth-order valence-corrected chi connectivity index (χ4v) is 2.28. The van der Waals surface area contributed by atoms with Gasteiger partial charge in [0, 0.05) is 11.3 Å². The van der Waals surface area contributed by atoms with Crippen molar-refractivity contribution in [1.29, 1.82) is 5.41 Å². The molecule has 0 fully saturated rings. The zero-order valence-corrected chi connectivity index (χ0v) is 10.0. The number of hydrogen-bond donors (Lipinski definition) is 4. The van der Waals surface area contributed by atoms with Crippen LogP contribution < -0.4 is 10.5 Å². The Morgan fingerprint density at radius 1 is 1.33 bits per heavy atom. The number of anilines is 1. The van der Waals surface area contributed by atoms with Crippen LogP contribution in [0.5, 0.6) is 0 Å². The molecule has 0 bridgehead atoms. The van der Waals surface area contributed by atoms with Gasteiger partial charge in [-0.2, -0.15) is 8.42 Å². The first kappa shape index (κ1) is 12.1. The van der Waals surface area contributed by atoms with E-state index in [9.17, 15) is 8.42 Å². The van der Waals surface area contributed by atoms with Gasteiger partial charge in [0.25, 0.3) is 10.0 Å². The summed E-state index contributed by atoms with van der Waals surface area (Å²) in [6.07, 6.45) is 2.50. The first-order valence-corrected chi connectivity index (χ1v) is 6.43. The van der Waals surface area contributed by atoms with Gasteiger partial charge in [-0.1, -0.05) is 0 Å². The lowest BCUT2D eigenvalue weighted by molar-refractivity contribution is 0.598. The van der Waals surface area contributed by atoms with Crippen LogP contribution in [0.4, 0.5) is 5.69 Å². The standard InChI is InChI=1S/C10H11N5O2S/c11-10(12)7-1-3-8(4-2-7)15-18(16,17)9-5-13-6-14-9/h1-6,15H,(H3,11,12)(H,13,14). The maximum atomic E-state index is 11.8. The summed E-state index contributed by atoms with van der Waals surface area (Å²) in [5.74, 6) is -0.0713. The molecule has 0 aliphatic carbocycles. The van der Waals surface area contributed by atoms with E-state index in [0.29, 0.717) is 11.3 Å². The Balaban J connectivity index is 2.22. The Morgan fingerprint density at radius 3 is 2.50 bits per heavy atom. The average Bonchev–Trinajstić information content (AvgIpc) is 2.83. The smallest absolute Gasteiger partial charge is 0.278 e. The van der Waals surface area contributed by atoms with Crippen molar-refractivity contribution in [3.63, 3.8) is 0 Å². The van der Waals surface area contributed by atoms with Crippen LogP contribution in [-0.4, -0.2) is 24.2 Å². The highest BCUT2D eigenvalue weighted by atomic mass is 32.2. The van der Waals surface area contributed by atoms with Crippen LogP contribution in [0.3, 0.4) is 0 Å². The van der Waals surface area contributed by atoms with Gasteiger partial charge in [-0.05, 0) is 24.3 Å². The molecule has 0 unspecified atom stereocenters. The van der Waals surface area contributed by atoms with Gasteiger partial charge >= 0.3 is 0 Å². The normalized spacial score (nSPS) is 11.1. The number of amidine groups is 1. The van der Waals surface area contributed by atoms with Crippen molar-refractivity contribution in [2.24, 2.45) is 5.73 Å². The van der Waals surface area contributed by atoms with Gasteiger partial charge in [-0.15, -0.1) is 0 Å². The first-order chi connectivity index (χ1) is 8.49. The highest BCUT2D eigenvalue weighted by Crippen LogP contribution is 2.14. The lowest BCUT2D eigenvalue weighted by atomic mass is 10.2. The summed E-state index contributed by atoms with van der Waals surface area (Å²) in [5, 5.41) is 7.21. The third-order valence-corrected chi connectivity index (χ3v) is 3.52. The van der Waals surface area contributed by atoms with Crippen molar-refractivity contribution in [2.75, 3.05) is 4.72 Å². The molecule has 0 amide bonds. The molecule has 0 saturated heterocycles. The third-order valence-electron chi connectivity index (χ3n) is 2.21. The molecular weight excluding hydrogens is 254 g/mol. The highest BCUT2D eigenvalue weighted by molar-refractivity contribution is 7.92. The number of benzene rings is 1. The van der Waals surface area contributed by atoms with E-state index in [2.05, 4.69) is 14.7 Å². The van der Waals surface area contributed by atoms with E-state index < -0.39 is 10.0 Å². The molecule has 7 nitrogen and oxygen atoms in total. The Labute approximate surface area is 104 Å². The monoisotopic (exact) mass is 265 g/mol. The number of sulfonamides is 1. The molecule has 1 heterocycles. The Kier molecular flexibility index (Phi) is 3.02. The summed E-state index contributed by atoms with van der Waals surface area (Å²) in [5.41, 5.74) is 6.21. The molecule has 0 atom stereocenters. The molecule has 0 saturated carbocycles. The number of rotatable bonds is 4. The van der Waals surface area contributed by atoms with Crippen LogP contribution in [0.2, 0.25) is 0 Å². The van der Waals surface area contributed by atoms with Crippen molar-refractivity contribution < 1.29 is 8.42 Å². The Hall–Kier alpha value is -2.35. The molecule has 94 valence electrons. The fraction of sp³-hybridized carbons (Fsp3) is 0. The Bertz CT molecular complexity index is 646. The van der Waals surface area contributed by atoms with Crippen LogP contribution >= 0.6 is 0 Å². The van der Waals surface area contributed by atoms with Crippen LogP contribution in [0, 0.1) is 5.41 Å². The molecule has 2 rings (SSSR count). The lowest BCUT2D eigenvalue weighted by Gasteiger charge is -2.06. The zero-order chi connectivity index (χ0) is 13.2. The molecule has 0 radical (unpaired) electrons. The SMILES string of the molecule is N=C(N)c1ccc(NS(=O)(=O)c2cnc[nH]2)cc1. The van der Waals surface area contributed by atoms with Gasteiger partial charge in [-0.3, -0.25) is 10.1 Å². The third kappa shape index (κ3) is 2.48. The molecule has 18 heavy (non-hydrogen) atoms. The van der Waals surface area contributed by atoms with Crippen LogP contribution in [0.15, 0.2) is 41.8 Å². The van der Waals surface area contributed by atoms with Crippen molar-refractivity contribution in [1.82, 2.24) is 9.97 Å². The second-order valence-corrected chi connectivity index (χ2v) is 5.16. The molecule has 2 aromatic rings. The maximum Gasteiger partial charge on any atom is 0.278 e. The van der Waals surface area contributed by atoms with Gasteiger partial charge < -0.3 is 10.7 Å². The van der Waals surface area contributed by atoms with Gasteiger partial charge in [0.05, 0.1) is 12.5 Å². The van der Waals surface area contributed by atoms with Crippen molar-refractivity contribution in [2.45, 2.75) is 5.03 Å². The molecule has 1 aromatic carbocycles. The van der Waals surface area contributed by atoms with Gasteiger partial charge in [-0.25, -0.2) is 4.98 Å². The van der Waals surface area contributed by atoms with Crippen molar-refractivity contribution in [3.05, 3.63) is 42.4 Å². The molecular formula is C10H11N5O2S. The summed E-state index contributed by atoms with van der Waals surface area (Å²) in [6.45, 7) is 0. The number of hydrogen-bond acceptors (Lipinski definition) is 4. The van der Waals surface area contributed by atoms with Crippen molar-refractivity contribution >= 4 is 21.5 Å². The van der Waals surface area contributed by atoms with E-state index in [4.69, 9.17) is 11.1 Å². The van der Waals surface area contributed by atoms with E-state index >= 15 is 0 Å². The number of nitrogens with two attached hydrogens (primary N) is 1. The number of aromatic amines is 1. The quantitative estimate of drug-likeness (QED) is 0.474. The van der Waals surface area contributed by atoms with E-state index in [-0.39, 0.29) is 10.9 Å². The lowest BCUT2D eigenvalue weighted by Crippen LogP contribution is -2.14. The van der Waals surface area contributed by atoms with Crippen LogP contribution in [0.25, 0.3) is 0 Å². The second-order valence-electron chi connectivity index (χ2n) is 3.51. The van der Waals surface area contributed by atoms with E-state index in [1.54, 1.807) is 12.1 Å². The highest BCUT2D eigenvalue weighted by Gasteiger charge is 2.15. The molecule has 0 aliphatic heterocycles. The number of imidazole rings is 1. The molecule has 0 aliphatic rings. The summed E-state index contributed by atoms with van der Waals surface area (Å²) >= 11 is 0. The zero-order valence-electron chi connectivity index (χ0n) is 9.21. The van der Waals surface area contributed by atoms with Crippen LogP contribution in [0.1, 0.15) is 5.56 Å². The molecule has 5 N–H and O–H groups in total. The number of H-pyrrole nitrogens is 1. The number of nitrogens with one attached hydrogen (secondary N) is 3. The number of aromatic nitrogens is 2. The summed E-state index contributed by atoms with van der Waals surface area (Å²) in [6, 6.07) is 6.19. The minimum Gasteiger partial charge on any atom is -0.384 e. The second kappa shape index (κ2) is 4.49. The fourth-order valence-electron chi connectivity index (χ4n) is 1.32. The predicted molar refractivity (Wildman–Crippen MR) is 66.9 cm³/mol. The largest absolute Gasteiger partial charge is 0.384 e. The first-order valence-electron chi connectivity index (χ1n) is 4.95. The summed E-state index contributed by atoms with van der Waals surface area (Å²) < 4.78 is 26.0. The summed E-state index contributed by atoms with van der Waals surface area (Å²) in [4.78, 5) is 6.16. The molecule has 0 spiro atoms. The van der Waals surface area contributed by atoms with E-state index in [1.807, 2.05) is 0 Å². The van der Waals surface area contributed by atoms with Gasteiger partial charge in [0.15, 0.2) is 5.03 Å². The topological polar surface area (TPSA) is 125 Å². The molecule has 1 aromatic heterocycles. The number of nitrogen functional groups attached to an aromatic ring is 1. The van der Waals surface area contributed by atoms with Crippen molar-refractivity contribution in [3.8, 4) is 0 Å².